The first-order valence-electron chi connectivity index (χ1n) is 6.84. The molecule has 0 spiro atoms. The first kappa shape index (κ1) is 15.8. The van der Waals surface area contributed by atoms with Crippen LogP contribution in [0.2, 0.25) is 0 Å². The van der Waals surface area contributed by atoms with Crippen molar-refractivity contribution in [3.05, 3.63) is 23.8 Å². The lowest BCUT2D eigenvalue weighted by atomic mass is 10.1. The number of hydrogen-bond donors (Lipinski definition) is 1. The summed E-state index contributed by atoms with van der Waals surface area (Å²) in [6.45, 7) is 12.4. The standard InChI is InChI=1S/C16H27NO2/c1-12-7-8-14(15(9-12)18-6)19-11-13(2)10-17-16(3,4)5/h7-9,13,17H,10-11H2,1-6H3. The monoisotopic (exact) mass is 265 g/mol. The van der Waals surface area contributed by atoms with Crippen LogP contribution in [0.1, 0.15) is 33.3 Å². The average Bonchev–Trinajstić information content (AvgIpc) is 2.33. The highest BCUT2D eigenvalue weighted by Crippen LogP contribution is 2.28. The summed E-state index contributed by atoms with van der Waals surface area (Å²) in [6, 6.07) is 6.00. The Kier molecular flexibility index (Phi) is 5.67. The van der Waals surface area contributed by atoms with Crippen molar-refractivity contribution in [1.82, 2.24) is 5.32 Å². The molecule has 0 saturated carbocycles. The Labute approximate surface area is 117 Å². The lowest BCUT2D eigenvalue weighted by molar-refractivity contribution is 0.234. The maximum atomic E-state index is 5.85. The van der Waals surface area contributed by atoms with Crippen molar-refractivity contribution in [3.63, 3.8) is 0 Å². The molecule has 1 N–H and O–H groups in total. The molecule has 0 fully saturated rings. The molecule has 0 aromatic heterocycles. The second-order valence-electron chi connectivity index (χ2n) is 6.20. The molecule has 0 saturated heterocycles. The van der Waals surface area contributed by atoms with Crippen LogP contribution < -0.4 is 14.8 Å². The second kappa shape index (κ2) is 6.80. The molecule has 1 aromatic carbocycles. The molecule has 108 valence electrons. The van der Waals surface area contributed by atoms with E-state index in [-0.39, 0.29) is 5.54 Å². The predicted octanol–water partition coefficient (Wildman–Crippen LogP) is 3.41. The van der Waals surface area contributed by atoms with E-state index in [0.717, 1.165) is 18.0 Å². The van der Waals surface area contributed by atoms with Crippen molar-refractivity contribution in [1.29, 1.82) is 0 Å². The van der Waals surface area contributed by atoms with Crippen molar-refractivity contribution in [3.8, 4) is 11.5 Å². The maximum Gasteiger partial charge on any atom is 0.161 e. The van der Waals surface area contributed by atoms with E-state index in [9.17, 15) is 0 Å². The van der Waals surface area contributed by atoms with E-state index >= 15 is 0 Å². The molecular formula is C16H27NO2. The zero-order chi connectivity index (χ0) is 14.5. The van der Waals surface area contributed by atoms with E-state index in [2.05, 4.69) is 33.0 Å². The van der Waals surface area contributed by atoms with Crippen molar-refractivity contribution in [2.24, 2.45) is 5.92 Å². The first-order chi connectivity index (χ1) is 8.81. The smallest absolute Gasteiger partial charge is 0.161 e. The number of benzene rings is 1. The Hall–Kier alpha value is -1.22. The Bertz CT molecular complexity index is 396. The van der Waals surface area contributed by atoms with Gasteiger partial charge >= 0.3 is 0 Å². The molecule has 1 unspecified atom stereocenters. The minimum absolute atomic E-state index is 0.149. The van der Waals surface area contributed by atoms with Gasteiger partial charge in [0.25, 0.3) is 0 Å². The van der Waals surface area contributed by atoms with Crippen LogP contribution in [0.25, 0.3) is 0 Å². The van der Waals surface area contributed by atoms with Crippen molar-refractivity contribution in [2.45, 2.75) is 40.2 Å². The molecule has 3 heteroatoms. The van der Waals surface area contributed by atoms with Gasteiger partial charge in [-0.2, -0.15) is 0 Å². The topological polar surface area (TPSA) is 30.5 Å². The molecule has 0 bridgehead atoms. The van der Waals surface area contributed by atoms with E-state index in [1.54, 1.807) is 7.11 Å². The van der Waals surface area contributed by atoms with Crippen LogP contribution in [-0.4, -0.2) is 25.8 Å². The fourth-order valence-electron chi connectivity index (χ4n) is 1.67. The predicted molar refractivity (Wildman–Crippen MR) is 80.1 cm³/mol. The van der Waals surface area contributed by atoms with Crippen molar-refractivity contribution in [2.75, 3.05) is 20.3 Å². The number of methoxy groups -OCH3 is 1. The van der Waals surface area contributed by atoms with Gasteiger partial charge in [-0.05, 0) is 45.4 Å². The summed E-state index contributed by atoms with van der Waals surface area (Å²) in [5, 5.41) is 3.48. The molecule has 0 aliphatic rings. The highest BCUT2D eigenvalue weighted by molar-refractivity contribution is 5.42. The van der Waals surface area contributed by atoms with Crippen molar-refractivity contribution < 1.29 is 9.47 Å². The Morgan fingerprint density at radius 3 is 2.47 bits per heavy atom. The summed E-state index contributed by atoms with van der Waals surface area (Å²) in [5.41, 5.74) is 1.32. The summed E-state index contributed by atoms with van der Waals surface area (Å²) >= 11 is 0. The van der Waals surface area contributed by atoms with Gasteiger partial charge in [-0.1, -0.05) is 13.0 Å². The Morgan fingerprint density at radius 1 is 1.21 bits per heavy atom. The third-order valence-corrected chi connectivity index (χ3v) is 2.82. The quantitative estimate of drug-likeness (QED) is 0.855. The lowest BCUT2D eigenvalue weighted by Crippen LogP contribution is -2.39. The molecule has 3 nitrogen and oxygen atoms in total. The van der Waals surface area contributed by atoms with Crippen LogP contribution in [0.3, 0.4) is 0 Å². The van der Waals surface area contributed by atoms with Gasteiger partial charge in [0.15, 0.2) is 11.5 Å². The van der Waals surface area contributed by atoms with E-state index in [1.807, 2.05) is 25.1 Å². The van der Waals surface area contributed by atoms with Crippen molar-refractivity contribution >= 4 is 0 Å². The van der Waals surface area contributed by atoms with E-state index in [0.29, 0.717) is 12.5 Å². The Morgan fingerprint density at radius 2 is 1.89 bits per heavy atom. The lowest BCUT2D eigenvalue weighted by Gasteiger charge is -2.23. The van der Waals surface area contributed by atoms with Gasteiger partial charge in [0.1, 0.15) is 0 Å². The highest BCUT2D eigenvalue weighted by atomic mass is 16.5. The van der Waals surface area contributed by atoms with Crippen LogP contribution in [0.4, 0.5) is 0 Å². The SMILES string of the molecule is COc1cc(C)ccc1OCC(C)CNC(C)(C)C. The fourth-order valence-corrected chi connectivity index (χ4v) is 1.67. The molecule has 0 aliphatic heterocycles. The summed E-state index contributed by atoms with van der Waals surface area (Å²) < 4.78 is 11.2. The molecule has 1 atom stereocenters. The van der Waals surface area contributed by atoms with Gasteiger partial charge in [-0.15, -0.1) is 0 Å². The largest absolute Gasteiger partial charge is 0.493 e. The van der Waals surface area contributed by atoms with E-state index < -0.39 is 0 Å². The summed E-state index contributed by atoms with van der Waals surface area (Å²) in [4.78, 5) is 0. The first-order valence-corrected chi connectivity index (χ1v) is 6.84. The van der Waals surface area contributed by atoms with Crippen LogP contribution in [0, 0.1) is 12.8 Å². The minimum Gasteiger partial charge on any atom is -0.493 e. The molecular weight excluding hydrogens is 238 g/mol. The van der Waals surface area contributed by atoms with Crippen LogP contribution in [0.5, 0.6) is 11.5 Å². The molecule has 19 heavy (non-hydrogen) atoms. The third kappa shape index (κ3) is 5.97. The van der Waals surface area contributed by atoms with Crippen LogP contribution in [0.15, 0.2) is 18.2 Å². The number of ether oxygens (including phenoxy) is 2. The number of aryl methyl sites for hydroxylation is 1. The zero-order valence-corrected chi connectivity index (χ0v) is 13.0. The van der Waals surface area contributed by atoms with E-state index in [1.165, 1.54) is 5.56 Å². The maximum absolute atomic E-state index is 5.85. The van der Waals surface area contributed by atoms with Gasteiger partial charge in [0, 0.05) is 18.0 Å². The summed E-state index contributed by atoms with van der Waals surface area (Å²) in [5.74, 6) is 2.07. The van der Waals surface area contributed by atoms with Crippen LogP contribution in [-0.2, 0) is 0 Å². The Balaban J connectivity index is 2.48. The van der Waals surface area contributed by atoms with Crippen LogP contribution >= 0.6 is 0 Å². The third-order valence-electron chi connectivity index (χ3n) is 2.82. The fraction of sp³-hybridized carbons (Fsp3) is 0.625. The number of rotatable bonds is 6. The average molecular weight is 265 g/mol. The molecule has 1 aromatic rings. The van der Waals surface area contributed by atoms with Gasteiger partial charge < -0.3 is 14.8 Å². The summed E-state index contributed by atoms with van der Waals surface area (Å²) in [6.07, 6.45) is 0. The minimum atomic E-state index is 0.149. The van der Waals surface area contributed by atoms with Gasteiger partial charge in [-0.3, -0.25) is 0 Å². The van der Waals surface area contributed by atoms with E-state index in [4.69, 9.17) is 9.47 Å². The number of nitrogens with one attached hydrogen (secondary N) is 1. The molecule has 0 radical (unpaired) electrons. The number of hydrogen-bond acceptors (Lipinski definition) is 3. The van der Waals surface area contributed by atoms with Gasteiger partial charge in [0.2, 0.25) is 0 Å². The van der Waals surface area contributed by atoms with Gasteiger partial charge in [-0.25, -0.2) is 0 Å². The molecule has 1 rings (SSSR count). The summed E-state index contributed by atoms with van der Waals surface area (Å²) in [7, 11) is 1.67. The zero-order valence-electron chi connectivity index (χ0n) is 13.0. The highest BCUT2D eigenvalue weighted by Gasteiger charge is 2.12. The molecule has 0 heterocycles. The molecule has 0 amide bonds. The van der Waals surface area contributed by atoms with Gasteiger partial charge in [0.05, 0.1) is 13.7 Å². The normalized spacial score (nSPS) is 13.2. The molecule has 0 aliphatic carbocycles. The second-order valence-corrected chi connectivity index (χ2v) is 6.20.